The van der Waals surface area contributed by atoms with Gasteiger partial charge in [-0.15, -0.1) is 0 Å². The molecule has 2 fully saturated rings. The van der Waals surface area contributed by atoms with Crippen LogP contribution in [-0.2, 0) is 9.59 Å². The number of hydrogen-bond acceptors (Lipinski definition) is 4. The van der Waals surface area contributed by atoms with Crippen LogP contribution in [0.3, 0.4) is 0 Å². The number of piperazine rings is 1. The molecule has 25 heavy (non-hydrogen) atoms. The van der Waals surface area contributed by atoms with Gasteiger partial charge in [0.25, 0.3) is 0 Å². The predicted octanol–water partition coefficient (Wildman–Crippen LogP) is 1.27. The number of benzene rings is 1. The van der Waals surface area contributed by atoms with E-state index in [1.165, 1.54) is 12.1 Å². The van der Waals surface area contributed by atoms with Crippen LogP contribution < -0.4 is 4.90 Å². The molecule has 0 bridgehead atoms. The lowest BCUT2D eigenvalue weighted by Gasteiger charge is -2.39. The van der Waals surface area contributed by atoms with E-state index in [1.807, 2.05) is 6.92 Å². The highest BCUT2D eigenvalue weighted by Crippen LogP contribution is 2.21. The first-order chi connectivity index (χ1) is 12.0. The molecular weight excluding hydrogens is 325 g/mol. The fourth-order valence-electron chi connectivity index (χ4n) is 3.60. The van der Waals surface area contributed by atoms with Gasteiger partial charge in [-0.05, 0) is 37.6 Å². The molecule has 0 spiro atoms. The van der Waals surface area contributed by atoms with Crippen molar-refractivity contribution < 1.29 is 19.1 Å². The topological polar surface area (TPSA) is 64.1 Å². The molecule has 3 rings (SSSR count). The number of amides is 1. The Kier molecular flexibility index (Phi) is 5.22. The van der Waals surface area contributed by atoms with Crippen LogP contribution in [0.15, 0.2) is 24.3 Å². The van der Waals surface area contributed by atoms with Gasteiger partial charge >= 0.3 is 5.97 Å². The molecule has 6 nitrogen and oxygen atoms in total. The molecule has 7 heteroatoms. The van der Waals surface area contributed by atoms with Crippen molar-refractivity contribution in [2.24, 2.45) is 5.92 Å². The molecule has 1 aromatic carbocycles. The third kappa shape index (κ3) is 3.92. The number of aliphatic carboxylic acids is 1. The second kappa shape index (κ2) is 7.39. The maximum absolute atomic E-state index is 13.0. The van der Waals surface area contributed by atoms with Crippen LogP contribution in [0.4, 0.5) is 10.1 Å². The van der Waals surface area contributed by atoms with Crippen molar-refractivity contribution in [2.75, 3.05) is 44.2 Å². The van der Waals surface area contributed by atoms with Crippen molar-refractivity contribution in [1.82, 2.24) is 9.80 Å². The summed E-state index contributed by atoms with van der Waals surface area (Å²) in [6, 6.07) is 6.22. The summed E-state index contributed by atoms with van der Waals surface area (Å²) in [7, 11) is 0. The van der Waals surface area contributed by atoms with Crippen LogP contribution in [-0.4, -0.2) is 72.1 Å². The second-order valence-electron chi connectivity index (χ2n) is 6.78. The quantitative estimate of drug-likeness (QED) is 0.887. The van der Waals surface area contributed by atoms with E-state index in [1.54, 1.807) is 17.0 Å². The Morgan fingerprint density at radius 3 is 2.32 bits per heavy atom. The monoisotopic (exact) mass is 349 g/mol. The second-order valence-corrected chi connectivity index (χ2v) is 6.78. The van der Waals surface area contributed by atoms with Crippen LogP contribution >= 0.6 is 0 Å². The Labute approximate surface area is 146 Å². The van der Waals surface area contributed by atoms with E-state index in [0.717, 1.165) is 31.9 Å². The number of halogens is 1. The summed E-state index contributed by atoms with van der Waals surface area (Å²) < 4.78 is 13.0. The molecule has 0 aliphatic carbocycles. The van der Waals surface area contributed by atoms with E-state index in [9.17, 15) is 14.0 Å². The number of carboxylic acids is 1. The third-order valence-corrected chi connectivity index (χ3v) is 5.26. The fourth-order valence-corrected chi connectivity index (χ4v) is 3.60. The van der Waals surface area contributed by atoms with Crippen LogP contribution in [0, 0.1) is 11.7 Å². The number of carbonyl (C=O) groups excluding carboxylic acids is 1. The molecule has 1 amide bonds. The summed E-state index contributed by atoms with van der Waals surface area (Å²) in [5.74, 6) is -1.49. The number of rotatable bonds is 4. The Bertz CT molecular complexity index is 629. The number of carboxylic acid groups (broad SMARTS) is 1. The van der Waals surface area contributed by atoms with Gasteiger partial charge in [-0.25, -0.2) is 4.39 Å². The van der Waals surface area contributed by atoms with E-state index in [4.69, 9.17) is 5.11 Å². The zero-order chi connectivity index (χ0) is 18.0. The van der Waals surface area contributed by atoms with Gasteiger partial charge in [-0.1, -0.05) is 0 Å². The first-order valence-corrected chi connectivity index (χ1v) is 8.72. The highest BCUT2D eigenvalue weighted by atomic mass is 19.1. The fraction of sp³-hybridized carbons (Fsp3) is 0.556. The van der Waals surface area contributed by atoms with E-state index < -0.39 is 11.9 Å². The average Bonchev–Trinajstić information content (AvgIpc) is 3.12. The number of likely N-dealkylation sites (tertiary alicyclic amines) is 1. The zero-order valence-electron chi connectivity index (χ0n) is 14.4. The molecular formula is C18H24FN3O3. The molecule has 0 radical (unpaired) electrons. The van der Waals surface area contributed by atoms with Crippen LogP contribution in [0.1, 0.15) is 13.3 Å². The summed E-state index contributed by atoms with van der Waals surface area (Å²) in [5, 5.41) is 9.08. The minimum atomic E-state index is -0.823. The maximum Gasteiger partial charge on any atom is 0.308 e. The summed E-state index contributed by atoms with van der Waals surface area (Å²) in [6.45, 7) is 5.79. The van der Waals surface area contributed by atoms with Gasteiger partial charge < -0.3 is 14.9 Å². The predicted molar refractivity (Wildman–Crippen MR) is 92.0 cm³/mol. The van der Waals surface area contributed by atoms with Crippen molar-refractivity contribution in [2.45, 2.75) is 19.4 Å². The van der Waals surface area contributed by atoms with Crippen molar-refractivity contribution in [3.05, 3.63) is 30.1 Å². The van der Waals surface area contributed by atoms with E-state index >= 15 is 0 Å². The minimum absolute atomic E-state index is 0.0129. The van der Waals surface area contributed by atoms with Gasteiger partial charge in [0.1, 0.15) is 5.82 Å². The van der Waals surface area contributed by atoms with E-state index in [2.05, 4.69) is 9.80 Å². The molecule has 0 saturated carbocycles. The molecule has 0 unspecified atom stereocenters. The highest BCUT2D eigenvalue weighted by molar-refractivity contribution is 5.83. The smallest absolute Gasteiger partial charge is 0.308 e. The van der Waals surface area contributed by atoms with Gasteiger partial charge in [0.2, 0.25) is 5.91 Å². The Balaban J connectivity index is 1.53. The normalized spacial score (nSPS) is 22.9. The van der Waals surface area contributed by atoms with Crippen molar-refractivity contribution in [3.8, 4) is 0 Å². The molecule has 2 atom stereocenters. The standard InChI is InChI=1S/C18H24FN3O3/c1-13(17(23)22-7-6-14(12-22)18(24)25)20-8-10-21(11-9-20)16-4-2-15(19)3-5-16/h2-5,13-14H,6-12H2,1H3,(H,24,25)/t13-,14-/m1/s1. The minimum Gasteiger partial charge on any atom is -0.481 e. The molecule has 1 aromatic rings. The third-order valence-electron chi connectivity index (χ3n) is 5.26. The number of anilines is 1. The average molecular weight is 349 g/mol. The Hall–Kier alpha value is -2.15. The van der Waals surface area contributed by atoms with Crippen LogP contribution in [0.2, 0.25) is 0 Å². The SMILES string of the molecule is C[C@H](C(=O)N1CC[C@@H](C(=O)O)C1)N1CCN(c2ccc(F)cc2)CC1. The number of hydrogen-bond donors (Lipinski definition) is 1. The summed E-state index contributed by atoms with van der Waals surface area (Å²) in [6.07, 6.45) is 0.534. The van der Waals surface area contributed by atoms with Gasteiger partial charge in [-0.2, -0.15) is 0 Å². The van der Waals surface area contributed by atoms with Gasteiger partial charge in [-0.3, -0.25) is 14.5 Å². The molecule has 136 valence electrons. The highest BCUT2D eigenvalue weighted by Gasteiger charge is 2.35. The first-order valence-electron chi connectivity index (χ1n) is 8.72. The molecule has 2 heterocycles. The summed E-state index contributed by atoms with van der Waals surface area (Å²) in [4.78, 5) is 29.7. The Morgan fingerprint density at radius 1 is 1.12 bits per heavy atom. The van der Waals surface area contributed by atoms with Crippen LogP contribution in [0.25, 0.3) is 0 Å². The lowest BCUT2D eigenvalue weighted by atomic mass is 10.1. The van der Waals surface area contributed by atoms with E-state index in [0.29, 0.717) is 19.5 Å². The van der Waals surface area contributed by atoms with E-state index in [-0.39, 0.29) is 17.8 Å². The number of carbonyl (C=O) groups is 2. The lowest BCUT2D eigenvalue weighted by Crippen LogP contribution is -2.54. The first kappa shape index (κ1) is 17.7. The van der Waals surface area contributed by atoms with Crippen molar-refractivity contribution in [3.63, 3.8) is 0 Å². The summed E-state index contributed by atoms with van der Waals surface area (Å²) >= 11 is 0. The molecule has 2 saturated heterocycles. The molecule has 2 aliphatic rings. The van der Waals surface area contributed by atoms with Crippen molar-refractivity contribution in [1.29, 1.82) is 0 Å². The molecule has 2 aliphatic heterocycles. The van der Waals surface area contributed by atoms with Gasteiger partial charge in [0.05, 0.1) is 12.0 Å². The lowest BCUT2D eigenvalue weighted by molar-refractivity contribution is -0.141. The van der Waals surface area contributed by atoms with Crippen molar-refractivity contribution >= 4 is 17.6 Å². The van der Waals surface area contributed by atoms with Gasteiger partial charge in [0, 0.05) is 45.0 Å². The Morgan fingerprint density at radius 2 is 1.76 bits per heavy atom. The number of nitrogens with zero attached hydrogens (tertiary/aromatic N) is 3. The summed E-state index contributed by atoms with van der Waals surface area (Å²) in [5.41, 5.74) is 0.990. The van der Waals surface area contributed by atoms with Gasteiger partial charge in [0.15, 0.2) is 0 Å². The molecule has 0 aromatic heterocycles. The zero-order valence-corrected chi connectivity index (χ0v) is 14.4. The van der Waals surface area contributed by atoms with Crippen LogP contribution in [0.5, 0.6) is 0 Å². The largest absolute Gasteiger partial charge is 0.481 e. The maximum atomic E-state index is 13.0. The molecule has 1 N–H and O–H groups in total.